The zero-order chi connectivity index (χ0) is 15.7. The first-order valence-electron chi connectivity index (χ1n) is 6.48. The van der Waals surface area contributed by atoms with Gasteiger partial charge in [0.05, 0.1) is 12.6 Å². The van der Waals surface area contributed by atoms with Crippen LogP contribution in [0.2, 0.25) is 0 Å². The van der Waals surface area contributed by atoms with E-state index >= 15 is 0 Å². The number of H-pyrrole nitrogens is 1. The summed E-state index contributed by atoms with van der Waals surface area (Å²) in [5.41, 5.74) is 2.08. The van der Waals surface area contributed by atoms with E-state index in [-0.39, 0.29) is 5.75 Å². The van der Waals surface area contributed by atoms with Crippen molar-refractivity contribution in [1.82, 2.24) is 4.98 Å². The molecule has 6 heteroatoms. The van der Waals surface area contributed by atoms with Crippen molar-refractivity contribution >= 4 is 10.9 Å². The third kappa shape index (κ3) is 2.86. The van der Waals surface area contributed by atoms with Crippen molar-refractivity contribution in [2.45, 2.75) is 6.36 Å². The predicted molar refractivity (Wildman–Crippen MR) is 77.0 cm³/mol. The van der Waals surface area contributed by atoms with Gasteiger partial charge in [-0.1, -0.05) is 24.3 Å². The Morgan fingerprint density at radius 2 is 1.77 bits per heavy atom. The Hall–Kier alpha value is -2.63. The first-order chi connectivity index (χ1) is 10.5. The number of methoxy groups -OCH3 is 1. The molecular weight excluding hydrogens is 295 g/mol. The Morgan fingerprint density at radius 3 is 2.50 bits per heavy atom. The number of halogens is 3. The lowest BCUT2D eigenvalue weighted by atomic mass is 10.1. The summed E-state index contributed by atoms with van der Waals surface area (Å²) in [6.07, 6.45) is -4.71. The van der Waals surface area contributed by atoms with E-state index in [1.165, 1.54) is 18.2 Å². The maximum Gasteiger partial charge on any atom is 0.573 e. The smallest absolute Gasteiger partial charge is 0.495 e. The topological polar surface area (TPSA) is 34.2 Å². The lowest BCUT2D eigenvalue weighted by molar-refractivity contribution is -0.274. The molecule has 1 N–H and O–H groups in total. The fourth-order valence-corrected chi connectivity index (χ4v) is 2.31. The number of rotatable bonds is 3. The monoisotopic (exact) mass is 307 g/mol. The van der Waals surface area contributed by atoms with Gasteiger partial charge in [0.25, 0.3) is 0 Å². The first-order valence-corrected chi connectivity index (χ1v) is 6.48. The molecule has 0 amide bonds. The van der Waals surface area contributed by atoms with Crippen molar-refractivity contribution < 1.29 is 22.6 Å². The van der Waals surface area contributed by atoms with E-state index in [9.17, 15) is 13.2 Å². The molecule has 1 heterocycles. The average Bonchev–Trinajstić information content (AvgIpc) is 2.89. The van der Waals surface area contributed by atoms with Gasteiger partial charge in [-0.2, -0.15) is 0 Å². The van der Waals surface area contributed by atoms with Crippen LogP contribution in [0, 0.1) is 0 Å². The second kappa shape index (κ2) is 5.29. The van der Waals surface area contributed by atoms with Gasteiger partial charge in [0, 0.05) is 16.6 Å². The van der Waals surface area contributed by atoms with E-state index in [1.807, 2.05) is 24.3 Å². The number of fused-ring (bicyclic) bond motifs is 1. The van der Waals surface area contributed by atoms with Gasteiger partial charge in [-0.05, 0) is 24.3 Å². The molecule has 0 bridgehead atoms. The summed E-state index contributed by atoms with van der Waals surface area (Å²) in [7, 11) is 1.56. The van der Waals surface area contributed by atoms with Gasteiger partial charge in [-0.25, -0.2) is 0 Å². The van der Waals surface area contributed by atoms with E-state index in [0.29, 0.717) is 17.0 Å². The summed E-state index contributed by atoms with van der Waals surface area (Å²) in [6, 6.07) is 13.2. The molecule has 0 radical (unpaired) electrons. The Balaban J connectivity index is 2.02. The van der Waals surface area contributed by atoms with E-state index in [2.05, 4.69) is 9.72 Å². The Kier molecular flexibility index (Phi) is 3.44. The van der Waals surface area contributed by atoms with E-state index in [0.717, 1.165) is 10.9 Å². The molecule has 0 aliphatic heterocycles. The number of alkyl halides is 3. The van der Waals surface area contributed by atoms with Gasteiger partial charge >= 0.3 is 6.36 Å². The average molecular weight is 307 g/mol. The molecule has 2 aromatic carbocycles. The molecule has 3 rings (SSSR count). The van der Waals surface area contributed by atoms with Crippen LogP contribution in [0.15, 0.2) is 48.5 Å². The van der Waals surface area contributed by atoms with Crippen molar-refractivity contribution in [2.24, 2.45) is 0 Å². The zero-order valence-electron chi connectivity index (χ0n) is 11.6. The molecule has 22 heavy (non-hydrogen) atoms. The van der Waals surface area contributed by atoms with Crippen molar-refractivity contribution in [3.63, 3.8) is 0 Å². The van der Waals surface area contributed by atoms with Crippen LogP contribution in [-0.4, -0.2) is 18.5 Å². The third-order valence-electron chi connectivity index (χ3n) is 3.22. The molecule has 0 aliphatic carbocycles. The largest absolute Gasteiger partial charge is 0.573 e. The van der Waals surface area contributed by atoms with Gasteiger partial charge in [-0.3, -0.25) is 0 Å². The van der Waals surface area contributed by atoms with Crippen LogP contribution in [0.4, 0.5) is 13.2 Å². The molecule has 0 fully saturated rings. The first kappa shape index (κ1) is 14.3. The number of ether oxygens (including phenoxy) is 2. The fraction of sp³-hybridized carbons (Fsp3) is 0.125. The Bertz CT molecular complexity index is 809. The van der Waals surface area contributed by atoms with Gasteiger partial charge in [0.2, 0.25) is 0 Å². The number of para-hydroxylation sites is 1. The molecule has 114 valence electrons. The molecule has 1 aromatic heterocycles. The van der Waals surface area contributed by atoms with Crippen molar-refractivity contribution in [1.29, 1.82) is 0 Å². The summed E-state index contributed by atoms with van der Waals surface area (Å²) in [4.78, 5) is 3.16. The van der Waals surface area contributed by atoms with Crippen LogP contribution >= 0.6 is 0 Å². The maximum atomic E-state index is 12.3. The Morgan fingerprint density at radius 1 is 1.00 bits per heavy atom. The SMILES string of the molecule is COc1cccc2cc(-c3cccc(OC(F)(F)F)c3)[nH]c12. The zero-order valence-corrected chi connectivity index (χ0v) is 11.6. The quantitative estimate of drug-likeness (QED) is 0.758. The molecule has 0 aliphatic rings. The molecule has 0 saturated heterocycles. The minimum Gasteiger partial charge on any atom is -0.495 e. The summed E-state index contributed by atoms with van der Waals surface area (Å²) in [5, 5.41) is 0.913. The minimum atomic E-state index is -4.71. The highest BCUT2D eigenvalue weighted by Gasteiger charge is 2.31. The van der Waals surface area contributed by atoms with Crippen LogP contribution < -0.4 is 9.47 Å². The van der Waals surface area contributed by atoms with Crippen LogP contribution in [0.5, 0.6) is 11.5 Å². The summed E-state index contributed by atoms with van der Waals surface area (Å²) >= 11 is 0. The van der Waals surface area contributed by atoms with Gasteiger partial charge < -0.3 is 14.5 Å². The van der Waals surface area contributed by atoms with Crippen molar-refractivity contribution in [3.8, 4) is 22.8 Å². The van der Waals surface area contributed by atoms with Crippen LogP contribution in [0.1, 0.15) is 0 Å². The second-order valence-electron chi connectivity index (χ2n) is 4.68. The summed E-state index contributed by atoms with van der Waals surface area (Å²) in [5.74, 6) is 0.419. The van der Waals surface area contributed by atoms with Crippen LogP contribution in [0.3, 0.4) is 0 Å². The molecule has 3 nitrogen and oxygen atoms in total. The molecule has 3 aromatic rings. The molecular formula is C16H12F3NO2. The van der Waals surface area contributed by atoms with Gasteiger partial charge in [-0.15, -0.1) is 13.2 Å². The molecule has 0 atom stereocenters. The van der Waals surface area contributed by atoms with E-state index < -0.39 is 6.36 Å². The van der Waals surface area contributed by atoms with Gasteiger partial charge in [0.1, 0.15) is 11.5 Å². The van der Waals surface area contributed by atoms with Crippen molar-refractivity contribution in [3.05, 3.63) is 48.5 Å². The van der Waals surface area contributed by atoms with Gasteiger partial charge in [0.15, 0.2) is 0 Å². The minimum absolute atomic E-state index is 0.254. The van der Waals surface area contributed by atoms with E-state index in [1.54, 1.807) is 13.2 Å². The highest BCUT2D eigenvalue weighted by molar-refractivity contribution is 5.90. The lowest BCUT2D eigenvalue weighted by Crippen LogP contribution is -2.17. The molecule has 0 saturated carbocycles. The second-order valence-corrected chi connectivity index (χ2v) is 4.68. The van der Waals surface area contributed by atoms with Crippen LogP contribution in [0.25, 0.3) is 22.2 Å². The third-order valence-corrected chi connectivity index (χ3v) is 3.22. The number of hydrogen-bond acceptors (Lipinski definition) is 2. The number of aromatic nitrogens is 1. The van der Waals surface area contributed by atoms with Crippen LogP contribution in [-0.2, 0) is 0 Å². The summed E-state index contributed by atoms with van der Waals surface area (Å²) < 4.78 is 46.1. The molecule has 0 unspecified atom stereocenters. The number of nitrogens with one attached hydrogen (secondary N) is 1. The van der Waals surface area contributed by atoms with Crippen molar-refractivity contribution in [2.75, 3.05) is 7.11 Å². The lowest BCUT2D eigenvalue weighted by Gasteiger charge is -2.09. The predicted octanol–water partition coefficient (Wildman–Crippen LogP) is 4.74. The Labute approximate surface area is 124 Å². The highest BCUT2D eigenvalue weighted by atomic mass is 19.4. The fourth-order valence-electron chi connectivity index (χ4n) is 2.31. The summed E-state index contributed by atoms with van der Waals surface area (Å²) in [6.45, 7) is 0. The molecule has 0 spiro atoms. The maximum absolute atomic E-state index is 12.3. The number of hydrogen-bond donors (Lipinski definition) is 1. The number of benzene rings is 2. The standard InChI is InChI=1S/C16H12F3NO2/c1-21-14-7-3-5-11-9-13(20-15(11)14)10-4-2-6-12(8-10)22-16(17,18)19/h2-9,20H,1H3. The normalized spacial score (nSPS) is 11.6. The number of aromatic amines is 1. The van der Waals surface area contributed by atoms with E-state index in [4.69, 9.17) is 4.74 Å². The highest BCUT2D eigenvalue weighted by Crippen LogP contribution is 2.32.